The van der Waals surface area contributed by atoms with E-state index in [0.717, 1.165) is 6.54 Å². The maximum absolute atomic E-state index is 9.53. The summed E-state index contributed by atoms with van der Waals surface area (Å²) in [6.07, 6.45) is -0.563. The van der Waals surface area contributed by atoms with Crippen LogP contribution in [0.25, 0.3) is 0 Å². The number of likely N-dealkylation sites (N-methyl/N-ethyl adjacent to an activating group) is 1. The van der Waals surface area contributed by atoms with E-state index >= 15 is 0 Å². The van der Waals surface area contributed by atoms with E-state index in [1.807, 2.05) is 13.0 Å². The van der Waals surface area contributed by atoms with Crippen molar-refractivity contribution < 1.29 is 9.84 Å². The molecule has 0 unspecified atom stereocenters. The second-order valence-electron chi connectivity index (χ2n) is 3.38. The Morgan fingerprint density at radius 3 is 2.94 bits per heavy atom. The quantitative estimate of drug-likeness (QED) is 0.747. The smallest absolute Gasteiger partial charge is 0.137 e. The highest BCUT2D eigenvalue weighted by Crippen LogP contribution is 2.16. The fourth-order valence-corrected chi connectivity index (χ4v) is 1.24. The van der Waals surface area contributed by atoms with Gasteiger partial charge in [-0.1, -0.05) is 19.1 Å². The first-order chi connectivity index (χ1) is 7.77. The fourth-order valence-electron chi connectivity index (χ4n) is 1.24. The molecule has 0 bridgehead atoms. The van der Waals surface area contributed by atoms with Crippen molar-refractivity contribution in [3.63, 3.8) is 0 Å². The Morgan fingerprint density at radius 2 is 2.25 bits per heavy atom. The number of ether oxygens (including phenoxy) is 1. The molecule has 1 rings (SSSR count). The van der Waals surface area contributed by atoms with Crippen LogP contribution in [0.1, 0.15) is 12.5 Å². The highest BCUT2D eigenvalue weighted by Gasteiger charge is 2.06. The molecule has 0 amide bonds. The van der Waals surface area contributed by atoms with E-state index in [1.54, 1.807) is 24.3 Å². The van der Waals surface area contributed by atoms with Crippen LogP contribution < -0.4 is 10.1 Å². The molecular formula is C12H16N2O2. The second-order valence-corrected chi connectivity index (χ2v) is 3.38. The van der Waals surface area contributed by atoms with Crippen LogP contribution in [-0.4, -0.2) is 30.9 Å². The van der Waals surface area contributed by atoms with Crippen molar-refractivity contribution in [2.24, 2.45) is 0 Å². The van der Waals surface area contributed by atoms with Crippen molar-refractivity contribution in [2.75, 3.05) is 19.7 Å². The van der Waals surface area contributed by atoms with Gasteiger partial charge in [0.05, 0.1) is 5.56 Å². The summed E-state index contributed by atoms with van der Waals surface area (Å²) in [5.74, 6) is 0.514. The Bertz CT molecular complexity index is 360. The third kappa shape index (κ3) is 3.89. The van der Waals surface area contributed by atoms with E-state index in [-0.39, 0.29) is 6.61 Å². The van der Waals surface area contributed by atoms with E-state index < -0.39 is 6.10 Å². The van der Waals surface area contributed by atoms with Gasteiger partial charge in [0.1, 0.15) is 24.5 Å². The molecule has 0 saturated carbocycles. The zero-order valence-corrected chi connectivity index (χ0v) is 9.31. The van der Waals surface area contributed by atoms with E-state index in [2.05, 4.69) is 5.32 Å². The number of nitrogens with one attached hydrogen (secondary N) is 1. The van der Waals surface area contributed by atoms with Crippen LogP contribution >= 0.6 is 0 Å². The first kappa shape index (κ1) is 12.5. The largest absolute Gasteiger partial charge is 0.489 e. The molecule has 0 heterocycles. The average Bonchev–Trinajstić information content (AvgIpc) is 2.34. The molecule has 4 nitrogen and oxygen atoms in total. The first-order valence-electron chi connectivity index (χ1n) is 5.28. The first-order valence-corrected chi connectivity index (χ1v) is 5.28. The monoisotopic (exact) mass is 220 g/mol. The number of nitrogens with zero attached hydrogens (tertiary/aromatic N) is 1. The lowest BCUT2D eigenvalue weighted by molar-refractivity contribution is 0.107. The number of rotatable bonds is 6. The molecule has 0 aliphatic carbocycles. The number of nitriles is 1. The molecule has 0 fully saturated rings. The zero-order chi connectivity index (χ0) is 11.8. The van der Waals surface area contributed by atoms with Gasteiger partial charge in [0.15, 0.2) is 0 Å². The van der Waals surface area contributed by atoms with Crippen molar-refractivity contribution in [3.05, 3.63) is 29.8 Å². The lowest BCUT2D eigenvalue weighted by Crippen LogP contribution is -2.31. The standard InChI is InChI=1S/C12H16N2O2/c1-2-14-8-11(15)9-16-12-6-4-3-5-10(12)7-13/h3-6,11,14-15H,2,8-9H2,1H3/t11-/m1/s1. The average molecular weight is 220 g/mol. The van der Waals surface area contributed by atoms with Crippen LogP contribution in [0, 0.1) is 11.3 Å². The number of aliphatic hydroxyl groups excluding tert-OH is 1. The number of aliphatic hydroxyl groups is 1. The Labute approximate surface area is 95.5 Å². The van der Waals surface area contributed by atoms with Crippen molar-refractivity contribution in [2.45, 2.75) is 13.0 Å². The minimum atomic E-state index is -0.563. The predicted octanol–water partition coefficient (Wildman–Crippen LogP) is 0.907. The summed E-state index contributed by atoms with van der Waals surface area (Å²) in [7, 11) is 0. The maximum Gasteiger partial charge on any atom is 0.137 e. The number of para-hydroxylation sites is 1. The van der Waals surface area contributed by atoms with Gasteiger partial charge in [-0.2, -0.15) is 5.26 Å². The molecule has 0 saturated heterocycles. The molecule has 0 aliphatic heterocycles. The normalized spacial score (nSPS) is 11.8. The number of hydrogen-bond donors (Lipinski definition) is 2. The molecule has 1 aromatic rings. The summed E-state index contributed by atoms with van der Waals surface area (Å²) in [6.45, 7) is 3.46. The molecule has 0 aliphatic rings. The summed E-state index contributed by atoms with van der Waals surface area (Å²) < 4.78 is 5.37. The van der Waals surface area contributed by atoms with Gasteiger partial charge >= 0.3 is 0 Å². The van der Waals surface area contributed by atoms with Gasteiger partial charge in [-0.3, -0.25) is 0 Å². The van der Waals surface area contributed by atoms with Crippen LogP contribution in [0.2, 0.25) is 0 Å². The molecule has 0 aromatic heterocycles. The summed E-state index contributed by atoms with van der Waals surface area (Å²) >= 11 is 0. The van der Waals surface area contributed by atoms with E-state index in [0.29, 0.717) is 17.9 Å². The Kier molecular flexibility index (Phi) is 5.34. The minimum Gasteiger partial charge on any atom is -0.489 e. The molecule has 4 heteroatoms. The second kappa shape index (κ2) is 6.83. The third-order valence-electron chi connectivity index (χ3n) is 2.07. The van der Waals surface area contributed by atoms with Gasteiger partial charge in [0, 0.05) is 6.54 Å². The minimum absolute atomic E-state index is 0.186. The van der Waals surface area contributed by atoms with Crippen molar-refractivity contribution in [1.29, 1.82) is 5.26 Å². The molecule has 1 atom stereocenters. The topological polar surface area (TPSA) is 65.3 Å². The van der Waals surface area contributed by atoms with E-state index in [4.69, 9.17) is 10.00 Å². The highest BCUT2D eigenvalue weighted by molar-refractivity contribution is 5.42. The molecule has 16 heavy (non-hydrogen) atoms. The predicted molar refractivity (Wildman–Crippen MR) is 61.2 cm³/mol. The van der Waals surface area contributed by atoms with Gasteiger partial charge < -0.3 is 15.2 Å². The van der Waals surface area contributed by atoms with Crippen LogP contribution in [0.15, 0.2) is 24.3 Å². The molecule has 2 N–H and O–H groups in total. The van der Waals surface area contributed by atoms with Crippen molar-refractivity contribution in [1.82, 2.24) is 5.32 Å². The van der Waals surface area contributed by atoms with Gasteiger partial charge in [-0.15, -0.1) is 0 Å². The molecule has 86 valence electrons. The third-order valence-corrected chi connectivity index (χ3v) is 2.07. The summed E-state index contributed by atoms with van der Waals surface area (Å²) in [6, 6.07) is 9.02. The van der Waals surface area contributed by atoms with Crippen molar-refractivity contribution in [3.8, 4) is 11.8 Å². The molecule has 0 radical (unpaired) electrons. The molecular weight excluding hydrogens is 204 g/mol. The molecule has 1 aromatic carbocycles. The fraction of sp³-hybridized carbons (Fsp3) is 0.417. The summed E-state index contributed by atoms with van der Waals surface area (Å²) in [4.78, 5) is 0. The van der Waals surface area contributed by atoms with Crippen LogP contribution in [0.3, 0.4) is 0 Å². The SMILES string of the molecule is CCNC[C@@H](O)COc1ccccc1C#N. The Hall–Kier alpha value is -1.57. The zero-order valence-electron chi connectivity index (χ0n) is 9.31. The van der Waals surface area contributed by atoms with Crippen LogP contribution in [0.5, 0.6) is 5.75 Å². The highest BCUT2D eigenvalue weighted by atomic mass is 16.5. The van der Waals surface area contributed by atoms with E-state index in [9.17, 15) is 5.11 Å². The maximum atomic E-state index is 9.53. The van der Waals surface area contributed by atoms with Gasteiger partial charge in [-0.05, 0) is 18.7 Å². The lowest BCUT2D eigenvalue weighted by Gasteiger charge is -2.13. The van der Waals surface area contributed by atoms with Crippen LogP contribution in [-0.2, 0) is 0 Å². The Balaban J connectivity index is 2.45. The summed E-state index contributed by atoms with van der Waals surface area (Å²) in [5.41, 5.74) is 0.484. The Morgan fingerprint density at radius 1 is 1.50 bits per heavy atom. The van der Waals surface area contributed by atoms with Crippen LogP contribution in [0.4, 0.5) is 0 Å². The lowest BCUT2D eigenvalue weighted by atomic mass is 10.2. The van der Waals surface area contributed by atoms with Crippen molar-refractivity contribution >= 4 is 0 Å². The van der Waals surface area contributed by atoms with Gasteiger partial charge in [0.25, 0.3) is 0 Å². The number of hydrogen-bond acceptors (Lipinski definition) is 4. The molecule has 0 spiro atoms. The van der Waals surface area contributed by atoms with Gasteiger partial charge in [-0.25, -0.2) is 0 Å². The number of benzene rings is 1. The van der Waals surface area contributed by atoms with E-state index in [1.165, 1.54) is 0 Å². The van der Waals surface area contributed by atoms with Gasteiger partial charge in [0.2, 0.25) is 0 Å². The summed E-state index contributed by atoms with van der Waals surface area (Å²) in [5, 5.41) is 21.4.